The Labute approximate surface area is 197 Å². The molecule has 0 heterocycles. The lowest BCUT2D eigenvalue weighted by Crippen LogP contribution is -2.61. The number of hydrogen-bond donors (Lipinski definition) is 0. The predicted octanol–water partition coefficient (Wildman–Crippen LogP) is 4.06. The molecular formula is C26H40O7. The summed E-state index contributed by atoms with van der Waals surface area (Å²) in [5.74, 6) is 0.515. The summed E-state index contributed by atoms with van der Waals surface area (Å²) in [5.41, 5.74) is -0.328. The van der Waals surface area contributed by atoms with Gasteiger partial charge in [0.25, 0.3) is 0 Å². The first-order chi connectivity index (χ1) is 15.5. The molecule has 0 bridgehead atoms. The highest BCUT2D eigenvalue weighted by Gasteiger charge is 2.68. The summed E-state index contributed by atoms with van der Waals surface area (Å²) in [7, 11) is 1.70. The Morgan fingerprint density at radius 1 is 0.788 bits per heavy atom. The van der Waals surface area contributed by atoms with Crippen molar-refractivity contribution < 1.29 is 33.3 Å². The molecule has 0 aromatic rings. The average molecular weight is 465 g/mol. The SMILES string of the molecule is CO[C@H]1C[C@H](OC(C)=O)[C@H]2[C@@H]3CC[C@H]4C[C@@H](OC(C)=O)CC[C@]4(C)[C@H]3C[C@H](OC(C)=O)[C@@]21C. The normalized spacial score (nSPS) is 46.4. The lowest BCUT2D eigenvalue weighted by molar-refractivity contribution is -0.212. The molecular weight excluding hydrogens is 424 g/mol. The third kappa shape index (κ3) is 4.08. The van der Waals surface area contributed by atoms with Gasteiger partial charge in [-0.25, -0.2) is 0 Å². The number of carbonyl (C=O) groups excluding carboxylic acids is 3. The minimum Gasteiger partial charge on any atom is -0.463 e. The van der Waals surface area contributed by atoms with Gasteiger partial charge in [0.05, 0.1) is 6.10 Å². The zero-order chi connectivity index (χ0) is 24.1. The second-order valence-corrected chi connectivity index (χ2v) is 11.4. The molecule has 33 heavy (non-hydrogen) atoms. The Hall–Kier alpha value is -1.63. The molecule has 0 radical (unpaired) electrons. The van der Waals surface area contributed by atoms with Gasteiger partial charge < -0.3 is 18.9 Å². The van der Waals surface area contributed by atoms with Crippen molar-refractivity contribution in [3.63, 3.8) is 0 Å². The van der Waals surface area contributed by atoms with Crippen LogP contribution in [0.2, 0.25) is 0 Å². The van der Waals surface area contributed by atoms with Gasteiger partial charge in [0.15, 0.2) is 0 Å². The first-order valence-corrected chi connectivity index (χ1v) is 12.5. The van der Waals surface area contributed by atoms with Gasteiger partial charge in [-0.3, -0.25) is 14.4 Å². The molecule has 4 rings (SSSR count). The zero-order valence-electron chi connectivity index (χ0n) is 20.9. The van der Waals surface area contributed by atoms with Crippen LogP contribution in [-0.2, 0) is 33.3 Å². The van der Waals surface area contributed by atoms with E-state index in [-0.39, 0.29) is 53.7 Å². The quantitative estimate of drug-likeness (QED) is 0.458. The molecule has 4 aliphatic rings. The van der Waals surface area contributed by atoms with Crippen molar-refractivity contribution >= 4 is 17.9 Å². The van der Waals surface area contributed by atoms with Gasteiger partial charge in [0.1, 0.15) is 18.3 Å². The highest BCUT2D eigenvalue weighted by Crippen LogP contribution is 2.67. The monoisotopic (exact) mass is 464 g/mol. The minimum absolute atomic E-state index is 0.00612. The van der Waals surface area contributed by atoms with E-state index in [0.717, 1.165) is 38.5 Å². The van der Waals surface area contributed by atoms with Crippen LogP contribution in [0.4, 0.5) is 0 Å². The van der Waals surface area contributed by atoms with Crippen LogP contribution in [-0.4, -0.2) is 49.4 Å². The highest BCUT2D eigenvalue weighted by atomic mass is 16.6. The Kier molecular flexibility index (Phi) is 6.58. The summed E-state index contributed by atoms with van der Waals surface area (Å²) >= 11 is 0. The number of hydrogen-bond acceptors (Lipinski definition) is 7. The summed E-state index contributed by atoms with van der Waals surface area (Å²) in [5, 5.41) is 0. The molecule has 7 heteroatoms. The maximum atomic E-state index is 12.2. The Bertz CT molecular complexity index is 796. The lowest BCUT2D eigenvalue weighted by atomic mass is 9.44. The van der Waals surface area contributed by atoms with Gasteiger partial charge >= 0.3 is 17.9 Å². The van der Waals surface area contributed by atoms with Crippen molar-refractivity contribution in [1.82, 2.24) is 0 Å². The molecule has 7 nitrogen and oxygen atoms in total. The summed E-state index contributed by atoms with van der Waals surface area (Å²) in [6.07, 6.45) is 5.63. The van der Waals surface area contributed by atoms with Crippen LogP contribution in [0.5, 0.6) is 0 Å². The molecule has 4 saturated carbocycles. The number of esters is 3. The minimum atomic E-state index is -0.403. The number of fused-ring (bicyclic) bond motifs is 5. The van der Waals surface area contributed by atoms with Gasteiger partial charge in [-0.15, -0.1) is 0 Å². The molecule has 4 aliphatic carbocycles. The highest BCUT2D eigenvalue weighted by molar-refractivity contribution is 5.67. The largest absolute Gasteiger partial charge is 0.463 e. The van der Waals surface area contributed by atoms with Crippen molar-refractivity contribution in [1.29, 1.82) is 0 Å². The molecule has 0 saturated heterocycles. The standard InChI is InChI=1S/C26H40O7/c1-14(27)31-18-9-10-25(4)17(11-18)7-8-19-20(25)12-23(33-16(3)29)26(5)22(30-6)13-21(24(19)26)32-15(2)28/h17-24H,7-13H2,1-6H3/t17-,18-,19+,20-,21-,22-,23-,24+,25-,26-/m0/s1. The van der Waals surface area contributed by atoms with Gasteiger partial charge in [-0.2, -0.15) is 0 Å². The Balaban J connectivity index is 1.69. The average Bonchev–Trinajstić information content (AvgIpc) is 3.00. The van der Waals surface area contributed by atoms with Gasteiger partial charge in [-0.1, -0.05) is 13.8 Å². The molecule has 10 atom stereocenters. The van der Waals surface area contributed by atoms with E-state index in [4.69, 9.17) is 18.9 Å². The van der Waals surface area contributed by atoms with E-state index in [1.54, 1.807) is 7.11 Å². The smallest absolute Gasteiger partial charge is 0.302 e. The van der Waals surface area contributed by atoms with E-state index < -0.39 is 5.41 Å². The third-order valence-electron chi connectivity index (χ3n) is 9.82. The number of methoxy groups -OCH3 is 1. The van der Waals surface area contributed by atoms with E-state index in [0.29, 0.717) is 24.2 Å². The van der Waals surface area contributed by atoms with Crippen molar-refractivity contribution in [2.45, 2.75) is 104 Å². The first-order valence-electron chi connectivity index (χ1n) is 12.5. The van der Waals surface area contributed by atoms with Gasteiger partial charge in [0, 0.05) is 45.6 Å². The van der Waals surface area contributed by atoms with Crippen LogP contribution in [0.1, 0.15) is 79.6 Å². The summed E-state index contributed by atoms with van der Waals surface area (Å²) in [6, 6.07) is 0. The fourth-order valence-corrected chi connectivity index (χ4v) is 8.55. The second kappa shape index (κ2) is 8.86. The molecule has 0 aromatic carbocycles. The van der Waals surface area contributed by atoms with Gasteiger partial charge in [0.2, 0.25) is 0 Å². The van der Waals surface area contributed by atoms with Crippen molar-refractivity contribution in [3.05, 3.63) is 0 Å². The summed E-state index contributed by atoms with van der Waals surface area (Å²) in [6.45, 7) is 8.98. The summed E-state index contributed by atoms with van der Waals surface area (Å²) in [4.78, 5) is 35.7. The Morgan fingerprint density at radius 3 is 2.06 bits per heavy atom. The van der Waals surface area contributed by atoms with E-state index in [1.165, 1.54) is 20.8 Å². The molecule has 0 amide bonds. The summed E-state index contributed by atoms with van der Waals surface area (Å²) < 4.78 is 23.4. The zero-order valence-corrected chi connectivity index (χ0v) is 20.9. The molecule has 186 valence electrons. The van der Waals surface area contributed by atoms with Crippen LogP contribution in [0.25, 0.3) is 0 Å². The van der Waals surface area contributed by atoms with Crippen molar-refractivity contribution in [3.8, 4) is 0 Å². The first kappa shape index (κ1) is 24.5. The number of ether oxygens (including phenoxy) is 4. The molecule has 0 aliphatic heterocycles. The lowest BCUT2D eigenvalue weighted by Gasteiger charge is -2.62. The van der Waals surface area contributed by atoms with Crippen LogP contribution in [0, 0.1) is 34.5 Å². The molecule has 4 fully saturated rings. The van der Waals surface area contributed by atoms with Gasteiger partial charge in [-0.05, 0) is 61.7 Å². The Morgan fingerprint density at radius 2 is 1.45 bits per heavy atom. The molecule has 0 aromatic heterocycles. The van der Waals surface area contributed by atoms with Crippen LogP contribution in [0.15, 0.2) is 0 Å². The van der Waals surface area contributed by atoms with E-state index in [9.17, 15) is 14.4 Å². The van der Waals surface area contributed by atoms with Crippen LogP contribution < -0.4 is 0 Å². The molecule has 0 spiro atoms. The topological polar surface area (TPSA) is 88.1 Å². The number of rotatable bonds is 4. The number of carbonyl (C=O) groups is 3. The van der Waals surface area contributed by atoms with E-state index in [2.05, 4.69) is 13.8 Å². The van der Waals surface area contributed by atoms with Crippen molar-refractivity contribution in [2.75, 3.05) is 7.11 Å². The van der Waals surface area contributed by atoms with E-state index in [1.807, 2.05) is 0 Å². The predicted molar refractivity (Wildman–Crippen MR) is 120 cm³/mol. The van der Waals surface area contributed by atoms with Crippen molar-refractivity contribution in [2.24, 2.45) is 34.5 Å². The third-order valence-corrected chi connectivity index (χ3v) is 9.82. The molecule has 0 unspecified atom stereocenters. The fourth-order valence-electron chi connectivity index (χ4n) is 8.55. The van der Waals surface area contributed by atoms with Crippen LogP contribution in [0.3, 0.4) is 0 Å². The maximum Gasteiger partial charge on any atom is 0.302 e. The molecule has 0 N–H and O–H groups in total. The van der Waals surface area contributed by atoms with E-state index >= 15 is 0 Å². The maximum absolute atomic E-state index is 12.2. The van der Waals surface area contributed by atoms with Crippen LogP contribution >= 0.6 is 0 Å². The second-order valence-electron chi connectivity index (χ2n) is 11.4. The fraction of sp³-hybridized carbons (Fsp3) is 0.885.